The van der Waals surface area contributed by atoms with Crippen molar-refractivity contribution in [3.8, 4) is 0 Å². The van der Waals surface area contributed by atoms with E-state index in [0.717, 1.165) is 83.2 Å². The van der Waals surface area contributed by atoms with Crippen molar-refractivity contribution in [1.82, 2.24) is 0 Å². The molecular formula is C33H56O4SSi4. The van der Waals surface area contributed by atoms with Gasteiger partial charge in [-0.2, -0.15) is 12.6 Å². The second kappa shape index (κ2) is 11.8. The molecule has 0 aromatic carbocycles. The first kappa shape index (κ1) is 30.9. The lowest BCUT2D eigenvalue weighted by molar-refractivity contribution is 0.216. The lowest BCUT2D eigenvalue weighted by Gasteiger charge is -2.51. The molecule has 42 heavy (non-hydrogen) atoms. The van der Waals surface area contributed by atoms with Crippen LogP contribution in [0.1, 0.15) is 57.8 Å². The highest BCUT2D eigenvalue weighted by Crippen LogP contribution is 2.50. The Morgan fingerprint density at radius 2 is 0.786 bits per heavy atom. The molecule has 0 spiro atoms. The van der Waals surface area contributed by atoms with E-state index in [4.69, 9.17) is 29.1 Å². The number of hydrogen-bond acceptors (Lipinski definition) is 5. The number of allylic oxidation sites excluding steroid dienone is 6. The summed E-state index contributed by atoms with van der Waals surface area (Å²) in [4.78, 5) is 0. The van der Waals surface area contributed by atoms with Gasteiger partial charge in [0.1, 0.15) is 0 Å². The molecule has 1 heterocycles. The van der Waals surface area contributed by atoms with Gasteiger partial charge < -0.3 is 16.5 Å². The van der Waals surface area contributed by atoms with Crippen molar-refractivity contribution in [3.05, 3.63) is 36.5 Å². The first-order valence-corrected chi connectivity index (χ1v) is 28.2. The standard InChI is InChI=1S/C33H56O4SSi4/c1-39(15-11-31-22-25-5-8-28(31)19-25)34-40(2,16-12-32-23-26-6-9-29(32)20-26)36-42(4,18-14-38)37-41(3,35-39)17-13-33-24-27-7-10-30(33)21-27/h5-10,25-33,38H,11-24H2,1-4H3. The van der Waals surface area contributed by atoms with Crippen LogP contribution in [0.2, 0.25) is 50.4 Å². The van der Waals surface area contributed by atoms with Crippen LogP contribution in [0.15, 0.2) is 36.5 Å². The number of hydrogen-bond donors (Lipinski definition) is 1. The van der Waals surface area contributed by atoms with E-state index >= 15 is 0 Å². The zero-order chi connectivity index (χ0) is 29.2. The van der Waals surface area contributed by atoms with Crippen molar-refractivity contribution >= 4 is 46.9 Å². The van der Waals surface area contributed by atoms with Gasteiger partial charge in [0.2, 0.25) is 0 Å². The minimum Gasteiger partial charge on any atom is -0.416 e. The molecule has 11 unspecified atom stereocenters. The van der Waals surface area contributed by atoms with Crippen LogP contribution in [-0.2, 0) is 16.5 Å². The topological polar surface area (TPSA) is 36.9 Å². The molecule has 7 rings (SSSR count). The Bertz CT molecular complexity index is 1050. The molecule has 234 valence electrons. The largest absolute Gasteiger partial charge is 0.416 e. The minimum absolute atomic E-state index is 0.778. The van der Waals surface area contributed by atoms with Gasteiger partial charge in [-0.25, -0.2) is 0 Å². The summed E-state index contributed by atoms with van der Waals surface area (Å²) in [5, 5.41) is 0. The zero-order valence-corrected chi connectivity index (χ0v) is 31.5. The van der Waals surface area contributed by atoms with E-state index in [0.29, 0.717) is 0 Å². The molecule has 11 atom stereocenters. The molecule has 7 aliphatic rings. The van der Waals surface area contributed by atoms with Gasteiger partial charge in [0, 0.05) is 0 Å². The van der Waals surface area contributed by atoms with Crippen LogP contribution in [0.4, 0.5) is 0 Å². The van der Waals surface area contributed by atoms with Gasteiger partial charge in [0.25, 0.3) is 0 Å². The Kier molecular flexibility index (Phi) is 8.70. The Hall–Kier alpha value is 0.278. The van der Waals surface area contributed by atoms with E-state index in [1.165, 1.54) is 57.8 Å². The van der Waals surface area contributed by atoms with Crippen molar-refractivity contribution < 1.29 is 16.5 Å². The van der Waals surface area contributed by atoms with Gasteiger partial charge in [-0.15, -0.1) is 0 Å². The maximum absolute atomic E-state index is 7.56. The van der Waals surface area contributed by atoms with Crippen molar-refractivity contribution in [2.24, 2.45) is 53.3 Å². The van der Waals surface area contributed by atoms with Crippen LogP contribution in [0, 0.1) is 53.3 Å². The van der Waals surface area contributed by atoms with E-state index < -0.39 is 34.2 Å². The molecule has 3 saturated carbocycles. The number of rotatable bonds is 11. The fourth-order valence-corrected chi connectivity index (χ4v) is 34.9. The maximum Gasteiger partial charge on any atom is 0.318 e. The summed E-state index contributed by atoms with van der Waals surface area (Å²) in [5.41, 5.74) is 0. The van der Waals surface area contributed by atoms with Crippen LogP contribution in [0.5, 0.6) is 0 Å². The molecule has 9 heteroatoms. The van der Waals surface area contributed by atoms with Gasteiger partial charge in [-0.3, -0.25) is 0 Å². The fraction of sp³-hybridized carbons (Fsp3) is 0.818. The highest BCUT2D eigenvalue weighted by Gasteiger charge is 2.57. The monoisotopic (exact) mass is 660 g/mol. The van der Waals surface area contributed by atoms with E-state index in [2.05, 4.69) is 62.6 Å². The van der Waals surface area contributed by atoms with Gasteiger partial charge in [0.05, 0.1) is 0 Å². The molecule has 6 bridgehead atoms. The Morgan fingerprint density at radius 3 is 1.02 bits per heavy atom. The fourth-order valence-electron chi connectivity index (χ4n) is 10.5. The molecule has 0 radical (unpaired) electrons. The first-order valence-electron chi connectivity index (χ1n) is 17.5. The third-order valence-corrected chi connectivity index (χ3v) is 31.7. The van der Waals surface area contributed by atoms with Crippen LogP contribution in [-0.4, -0.2) is 40.0 Å². The lowest BCUT2D eigenvalue weighted by Crippen LogP contribution is -2.67. The smallest absolute Gasteiger partial charge is 0.318 e. The molecule has 4 nitrogen and oxygen atoms in total. The highest BCUT2D eigenvalue weighted by molar-refractivity contribution is 7.80. The Labute approximate surface area is 265 Å². The molecule has 0 amide bonds. The third kappa shape index (κ3) is 6.57. The van der Waals surface area contributed by atoms with E-state index in [-0.39, 0.29) is 0 Å². The zero-order valence-electron chi connectivity index (χ0n) is 26.6. The molecular weight excluding hydrogens is 605 g/mol. The summed E-state index contributed by atoms with van der Waals surface area (Å²) in [6.45, 7) is 9.48. The Balaban J connectivity index is 1.11. The van der Waals surface area contributed by atoms with E-state index in [9.17, 15) is 0 Å². The summed E-state index contributed by atoms with van der Waals surface area (Å²) in [6.07, 6.45) is 26.8. The van der Waals surface area contributed by atoms with Gasteiger partial charge in [-0.1, -0.05) is 36.5 Å². The molecule has 4 fully saturated rings. The molecule has 0 aromatic heterocycles. The molecule has 0 N–H and O–H groups in total. The normalized spacial score (nSPS) is 52.1. The van der Waals surface area contributed by atoms with Gasteiger partial charge in [0.15, 0.2) is 0 Å². The summed E-state index contributed by atoms with van der Waals surface area (Å²) in [6, 6.07) is 4.15. The maximum atomic E-state index is 7.56. The quantitative estimate of drug-likeness (QED) is 0.136. The van der Waals surface area contributed by atoms with E-state index in [1.54, 1.807) is 0 Å². The summed E-state index contributed by atoms with van der Waals surface area (Å²) < 4.78 is 29.9. The SMILES string of the molecule is C[Si]1(CCS)O[Si](C)(CCC2CC3C=CC2C3)O[Si](C)(CCC2CC3C=CC2C3)O[Si](C)(CCC2CC3C=CC2C3)O1. The first-order chi connectivity index (χ1) is 20.0. The van der Waals surface area contributed by atoms with E-state index in [1.807, 2.05) is 0 Å². The van der Waals surface area contributed by atoms with Crippen molar-refractivity contribution in [3.63, 3.8) is 0 Å². The highest BCUT2D eigenvalue weighted by atomic mass is 32.1. The summed E-state index contributed by atoms with van der Waals surface area (Å²) in [5.74, 6) is 7.99. The number of fused-ring (bicyclic) bond motifs is 6. The molecule has 0 aromatic rings. The molecule has 1 saturated heterocycles. The van der Waals surface area contributed by atoms with Crippen LogP contribution in [0.3, 0.4) is 0 Å². The van der Waals surface area contributed by atoms with Crippen molar-refractivity contribution in [2.75, 3.05) is 5.75 Å². The third-order valence-electron chi connectivity index (χ3n) is 12.5. The Morgan fingerprint density at radius 1 is 0.476 bits per heavy atom. The predicted octanol–water partition coefficient (Wildman–Crippen LogP) is 9.09. The number of thiol groups is 1. The second-order valence-electron chi connectivity index (χ2n) is 16.2. The van der Waals surface area contributed by atoms with Gasteiger partial charge >= 0.3 is 34.2 Å². The average Bonchev–Trinajstić information content (AvgIpc) is 3.77. The van der Waals surface area contributed by atoms with Crippen molar-refractivity contribution in [1.29, 1.82) is 0 Å². The summed E-state index contributed by atoms with van der Waals surface area (Å²) in [7, 11) is -10.1. The lowest BCUT2D eigenvalue weighted by atomic mass is 9.91. The minimum atomic E-state index is -2.53. The second-order valence-corrected chi connectivity index (χ2v) is 30.9. The molecule has 1 aliphatic heterocycles. The van der Waals surface area contributed by atoms with Crippen molar-refractivity contribution in [2.45, 2.75) is 108 Å². The average molecular weight is 661 g/mol. The summed E-state index contributed by atoms with van der Waals surface area (Å²) >= 11 is 4.72. The van der Waals surface area contributed by atoms with Crippen LogP contribution in [0.25, 0.3) is 0 Å². The van der Waals surface area contributed by atoms with Crippen LogP contribution >= 0.6 is 12.6 Å². The predicted molar refractivity (Wildman–Crippen MR) is 184 cm³/mol. The van der Waals surface area contributed by atoms with Gasteiger partial charge in [-0.05, 0) is 167 Å². The molecule has 6 aliphatic carbocycles. The van der Waals surface area contributed by atoms with Crippen LogP contribution < -0.4 is 0 Å².